The molecule has 1 heterocycles. The average Bonchev–Trinajstić information content (AvgIpc) is 2.47. The van der Waals surface area contributed by atoms with Gasteiger partial charge in [0.2, 0.25) is 0 Å². The van der Waals surface area contributed by atoms with Gasteiger partial charge in [0.25, 0.3) is 0 Å². The number of halogens is 1. The predicted octanol–water partition coefficient (Wildman–Crippen LogP) is 3.54. The zero-order valence-electron chi connectivity index (χ0n) is 6.17. The fourth-order valence-corrected chi connectivity index (χ4v) is 2.23. The largest absolute Gasteiger partial charge is 0.142 e. The molecule has 0 bridgehead atoms. The summed E-state index contributed by atoms with van der Waals surface area (Å²) in [6.45, 7) is 0. The number of rotatable bonds is 0. The van der Waals surface area contributed by atoms with Gasteiger partial charge in [-0.2, -0.15) is 0 Å². The van der Waals surface area contributed by atoms with Crippen LogP contribution in [-0.2, 0) is 0 Å². The van der Waals surface area contributed by atoms with Crippen LogP contribution in [0, 0.1) is 12.3 Å². The summed E-state index contributed by atoms with van der Waals surface area (Å²) in [4.78, 5) is 0. The van der Waals surface area contributed by atoms with Crippen molar-refractivity contribution in [1.29, 1.82) is 0 Å². The van der Waals surface area contributed by atoms with Crippen molar-refractivity contribution in [2.75, 3.05) is 0 Å². The van der Waals surface area contributed by atoms with E-state index in [-0.39, 0.29) is 0 Å². The third kappa shape index (κ3) is 1.10. The molecule has 1 aromatic heterocycles. The number of hydrogen-bond donors (Lipinski definition) is 0. The molecule has 2 heteroatoms. The van der Waals surface area contributed by atoms with Crippen LogP contribution in [-0.4, -0.2) is 0 Å². The Labute approximate surface area is 79.8 Å². The summed E-state index contributed by atoms with van der Waals surface area (Å²) in [6.07, 6.45) is 5.27. The van der Waals surface area contributed by atoms with Crippen molar-refractivity contribution in [3.8, 4) is 12.3 Å². The molecule has 0 radical (unpaired) electrons. The lowest BCUT2D eigenvalue weighted by Gasteiger charge is -1.91. The van der Waals surface area contributed by atoms with Gasteiger partial charge in [0.1, 0.15) is 0 Å². The van der Waals surface area contributed by atoms with Crippen LogP contribution in [0.1, 0.15) is 5.56 Å². The first-order valence-electron chi connectivity index (χ1n) is 3.44. The standard InChI is InChI=1S/C10H5ClS/c1-2-7-3-4-10-8(5-7)9(11)6-12-10/h1,3-6H. The van der Waals surface area contributed by atoms with Gasteiger partial charge in [0.15, 0.2) is 0 Å². The van der Waals surface area contributed by atoms with E-state index in [1.807, 2.05) is 23.6 Å². The lowest BCUT2D eigenvalue weighted by atomic mass is 10.2. The third-order valence-corrected chi connectivity index (χ3v) is 3.10. The molecule has 12 heavy (non-hydrogen) atoms. The molecule has 0 aliphatic rings. The number of benzene rings is 1. The van der Waals surface area contributed by atoms with Crippen molar-refractivity contribution in [3.63, 3.8) is 0 Å². The van der Waals surface area contributed by atoms with Crippen molar-refractivity contribution in [2.24, 2.45) is 0 Å². The second kappa shape index (κ2) is 2.82. The minimum atomic E-state index is 0.784. The van der Waals surface area contributed by atoms with Crippen molar-refractivity contribution >= 4 is 33.0 Å². The Morgan fingerprint density at radius 1 is 1.42 bits per heavy atom. The number of fused-ring (bicyclic) bond motifs is 1. The van der Waals surface area contributed by atoms with Crippen LogP contribution in [0.5, 0.6) is 0 Å². The summed E-state index contributed by atoms with van der Waals surface area (Å²) in [5.41, 5.74) is 0.878. The summed E-state index contributed by atoms with van der Waals surface area (Å²) in [5, 5.41) is 3.76. The third-order valence-electron chi connectivity index (χ3n) is 1.69. The summed E-state index contributed by atoms with van der Waals surface area (Å²) < 4.78 is 1.18. The molecule has 0 fully saturated rings. The first-order chi connectivity index (χ1) is 5.81. The molecular formula is C10H5ClS. The van der Waals surface area contributed by atoms with Crippen molar-refractivity contribution < 1.29 is 0 Å². The van der Waals surface area contributed by atoms with Crippen LogP contribution in [0.15, 0.2) is 23.6 Å². The minimum Gasteiger partial charge on any atom is -0.142 e. The summed E-state index contributed by atoms with van der Waals surface area (Å²) in [7, 11) is 0. The van der Waals surface area contributed by atoms with Crippen LogP contribution in [0.25, 0.3) is 10.1 Å². The first kappa shape index (κ1) is 7.67. The lowest BCUT2D eigenvalue weighted by Crippen LogP contribution is -1.71. The van der Waals surface area contributed by atoms with E-state index in [0.29, 0.717) is 0 Å². The molecule has 0 unspecified atom stereocenters. The SMILES string of the molecule is C#Cc1ccc2scc(Cl)c2c1. The minimum absolute atomic E-state index is 0.784. The molecule has 0 atom stereocenters. The fraction of sp³-hybridized carbons (Fsp3) is 0. The Morgan fingerprint density at radius 2 is 2.25 bits per heavy atom. The summed E-state index contributed by atoms with van der Waals surface area (Å²) in [6, 6.07) is 5.87. The van der Waals surface area contributed by atoms with Gasteiger partial charge in [0, 0.05) is 21.0 Å². The molecule has 0 aliphatic carbocycles. The second-order valence-electron chi connectivity index (χ2n) is 2.44. The van der Waals surface area contributed by atoms with Gasteiger partial charge in [-0.15, -0.1) is 17.8 Å². The molecule has 0 nitrogen and oxygen atoms in total. The normalized spacial score (nSPS) is 10.0. The molecular weight excluding hydrogens is 188 g/mol. The molecule has 2 aromatic rings. The van der Waals surface area contributed by atoms with Gasteiger partial charge in [-0.05, 0) is 18.2 Å². The van der Waals surface area contributed by atoms with Crippen molar-refractivity contribution in [3.05, 3.63) is 34.2 Å². The Morgan fingerprint density at radius 3 is 3.00 bits per heavy atom. The van der Waals surface area contributed by atoms with Gasteiger partial charge in [-0.1, -0.05) is 17.5 Å². The Bertz CT molecular complexity index is 462. The van der Waals surface area contributed by atoms with E-state index in [9.17, 15) is 0 Å². The summed E-state index contributed by atoms with van der Waals surface area (Å²) >= 11 is 7.58. The maximum atomic E-state index is 5.94. The second-order valence-corrected chi connectivity index (χ2v) is 3.76. The van der Waals surface area contributed by atoms with Crippen molar-refractivity contribution in [1.82, 2.24) is 0 Å². The van der Waals surface area contributed by atoms with Crippen LogP contribution < -0.4 is 0 Å². The van der Waals surface area contributed by atoms with E-state index < -0.39 is 0 Å². The van der Waals surface area contributed by atoms with Crippen LogP contribution in [0.4, 0.5) is 0 Å². The van der Waals surface area contributed by atoms with Crippen LogP contribution >= 0.6 is 22.9 Å². The molecule has 0 N–H and O–H groups in total. The topological polar surface area (TPSA) is 0 Å². The smallest absolute Gasteiger partial charge is 0.0592 e. The number of hydrogen-bond acceptors (Lipinski definition) is 1. The molecule has 0 spiro atoms. The Balaban J connectivity index is 2.82. The number of thiophene rings is 1. The van der Waals surface area contributed by atoms with Gasteiger partial charge in [-0.3, -0.25) is 0 Å². The number of terminal acetylenes is 1. The fourth-order valence-electron chi connectivity index (χ4n) is 1.09. The highest BCUT2D eigenvalue weighted by Crippen LogP contribution is 2.30. The predicted molar refractivity (Wildman–Crippen MR) is 54.8 cm³/mol. The molecule has 2 rings (SSSR count). The van der Waals surface area contributed by atoms with Crippen LogP contribution in [0.3, 0.4) is 0 Å². The highest BCUT2D eigenvalue weighted by Gasteiger charge is 2.00. The zero-order chi connectivity index (χ0) is 8.55. The first-order valence-corrected chi connectivity index (χ1v) is 4.70. The highest BCUT2D eigenvalue weighted by molar-refractivity contribution is 7.17. The van der Waals surface area contributed by atoms with E-state index >= 15 is 0 Å². The van der Waals surface area contributed by atoms with E-state index in [0.717, 1.165) is 16.0 Å². The van der Waals surface area contributed by atoms with Gasteiger partial charge in [-0.25, -0.2) is 0 Å². The molecule has 0 saturated heterocycles. The lowest BCUT2D eigenvalue weighted by molar-refractivity contribution is 1.75. The van der Waals surface area contributed by atoms with E-state index in [1.54, 1.807) is 11.3 Å². The molecule has 0 amide bonds. The Kier molecular flexibility index (Phi) is 1.80. The maximum absolute atomic E-state index is 5.94. The summed E-state index contributed by atoms with van der Waals surface area (Å²) in [5.74, 6) is 2.58. The maximum Gasteiger partial charge on any atom is 0.0592 e. The molecule has 1 aromatic carbocycles. The van der Waals surface area contributed by atoms with E-state index in [4.69, 9.17) is 18.0 Å². The van der Waals surface area contributed by atoms with E-state index in [1.165, 1.54) is 4.70 Å². The molecule has 58 valence electrons. The average molecular weight is 193 g/mol. The van der Waals surface area contributed by atoms with E-state index in [2.05, 4.69) is 5.92 Å². The zero-order valence-corrected chi connectivity index (χ0v) is 7.75. The van der Waals surface area contributed by atoms with Crippen LogP contribution in [0.2, 0.25) is 5.02 Å². The quantitative estimate of drug-likeness (QED) is 0.561. The molecule has 0 aliphatic heterocycles. The monoisotopic (exact) mass is 192 g/mol. The molecule has 0 saturated carbocycles. The highest BCUT2D eigenvalue weighted by atomic mass is 35.5. The van der Waals surface area contributed by atoms with Crippen molar-refractivity contribution in [2.45, 2.75) is 0 Å². The van der Waals surface area contributed by atoms with Gasteiger partial charge < -0.3 is 0 Å². The Hall–Kier alpha value is -0.970. The van der Waals surface area contributed by atoms with Gasteiger partial charge in [0.05, 0.1) is 5.02 Å². The van der Waals surface area contributed by atoms with Gasteiger partial charge >= 0.3 is 0 Å².